The number of aliphatic imine (C=N–C) groups is 1. The molecule has 31 heavy (non-hydrogen) atoms. The molecule has 0 saturated carbocycles. The Balaban J connectivity index is 2.00. The molecule has 2 aromatic rings. The highest BCUT2D eigenvalue weighted by atomic mass is 16.5. The van der Waals surface area contributed by atoms with Crippen molar-refractivity contribution in [3.63, 3.8) is 0 Å². The number of carbonyl (C=O) groups excluding carboxylic acids is 1. The van der Waals surface area contributed by atoms with Gasteiger partial charge in [0.1, 0.15) is 28.9 Å². The van der Waals surface area contributed by atoms with Crippen LogP contribution in [0.3, 0.4) is 0 Å². The number of nitrogens with one attached hydrogen (secondary N) is 2. The summed E-state index contributed by atoms with van der Waals surface area (Å²) < 4.78 is 21.2. The first-order valence-electron chi connectivity index (χ1n) is 10.1. The Bertz CT molecular complexity index is 885. The summed E-state index contributed by atoms with van der Waals surface area (Å²) in [4.78, 5) is 16.6. The van der Waals surface area contributed by atoms with E-state index < -0.39 is 5.97 Å². The molecule has 0 saturated heterocycles. The zero-order chi connectivity index (χ0) is 22.6. The van der Waals surface area contributed by atoms with Gasteiger partial charge in [0.2, 0.25) is 0 Å². The van der Waals surface area contributed by atoms with Crippen LogP contribution in [-0.4, -0.2) is 52.5 Å². The SMILES string of the molecule is CCNC(=NCc1ccc(OC)c(C(=O)OC)c1)NCC(C)Oc1cccc(OC)c1. The molecule has 0 heterocycles. The Morgan fingerprint density at radius 1 is 1.03 bits per heavy atom. The van der Waals surface area contributed by atoms with E-state index in [2.05, 4.69) is 15.6 Å². The highest BCUT2D eigenvalue weighted by Gasteiger charge is 2.13. The summed E-state index contributed by atoms with van der Waals surface area (Å²) in [6.07, 6.45) is -0.0946. The van der Waals surface area contributed by atoms with E-state index >= 15 is 0 Å². The summed E-state index contributed by atoms with van der Waals surface area (Å²) in [7, 11) is 4.48. The minimum Gasteiger partial charge on any atom is -0.497 e. The summed E-state index contributed by atoms with van der Waals surface area (Å²) in [5.41, 5.74) is 1.23. The molecular formula is C23H31N3O5. The van der Waals surface area contributed by atoms with Crippen LogP contribution < -0.4 is 24.8 Å². The van der Waals surface area contributed by atoms with Gasteiger partial charge in [-0.3, -0.25) is 0 Å². The number of methoxy groups -OCH3 is 3. The van der Waals surface area contributed by atoms with Gasteiger partial charge >= 0.3 is 5.97 Å². The number of nitrogens with zero attached hydrogens (tertiary/aromatic N) is 1. The highest BCUT2D eigenvalue weighted by molar-refractivity contribution is 5.92. The number of hydrogen-bond donors (Lipinski definition) is 2. The molecule has 1 unspecified atom stereocenters. The largest absolute Gasteiger partial charge is 0.497 e. The van der Waals surface area contributed by atoms with E-state index in [0.717, 1.165) is 17.1 Å². The van der Waals surface area contributed by atoms with Crippen LogP contribution in [0.15, 0.2) is 47.5 Å². The highest BCUT2D eigenvalue weighted by Crippen LogP contribution is 2.21. The maximum Gasteiger partial charge on any atom is 0.341 e. The lowest BCUT2D eigenvalue weighted by Gasteiger charge is -2.18. The fraction of sp³-hybridized carbons (Fsp3) is 0.391. The van der Waals surface area contributed by atoms with Gasteiger partial charge in [0, 0.05) is 12.6 Å². The van der Waals surface area contributed by atoms with Gasteiger partial charge in [-0.15, -0.1) is 0 Å². The smallest absolute Gasteiger partial charge is 0.341 e. The lowest BCUT2D eigenvalue weighted by Crippen LogP contribution is -2.41. The van der Waals surface area contributed by atoms with E-state index in [4.69, 9.17) is 18.9 Å². The van der Waals surface area contributed by atoms with Crippen LogP contribution in [0.4, 0.5) is 0 Å². The number of hydrogen-bond acceptors (Lipinski definition) is 6. The molecule has 8 nitrogen and oxygen atoms in total. The monoisotopic (exact) mass is 429 g/mol. The molecule has 0 fully saturated rings. The van der Waals surface area contributed by atoms with Crippen molar-refractivity contribution in [1.29, 1.82) is 0 Å². The van der Waals surface area contributed by atoms with E-state index in [9.17, 15) is 4.79 Å². The average molecular weight is 430 g/mol. The van der Waals surface area contributed by atoms with Crippen molar-refractivity contribution in [2.75, 3.05) is 34.4 Å². The number of ether oxygens (including phenoxy) is 4. The minimum absolute atomic E-state index is 0.0946. The molecule has 2 rings (SSSR count). The van der Waals surface area contributed by atoms with Crippen molar-refractivity contribution in [3.8, 4) is 17.2 Å². The Morgan fingerprint density at radius 3 is 2.48 bits per heavy atom. The predicted molar refractivity (Wildman–Crippen MR) is 120 cm³/mol. The first-order chi connectivity index (χ1) is 15.0. The molecule has 168 valence electrons. The Morgan fingerprint density at radius 2 is 1.81 bits per heavy atom. The summed E-state index contributed by atoms with van der Waals surface area (Å²) in [6, 6.07) is 12.8. The molecule has 0 aliphatic heterocycles. The molecule has 2 N–H and O–H groups in total. The molecule has 0 aliphatic rings. The third-order valence-corrected chi connectivity index (χ3v) is 4.37. The zero-order valence-electron chi connectivity index (χ0n) is 18.7. The quantitative estimate of drug-likeness (QED) is 0.341. The maximum absolute atomic E-state index is 12.0. The first-order valence-corrected chi connectivity index (χ1v) is 10.1. The number of esters is 1. The maximum atomic E-state index is 12.0. The summed E-state index contributed by atoms with van der Waals surface area (Å²) in [5.74, 6) is 2.16. The van der Waals surface area contributed by atoms with Gasteiger partial charge in [0.05, 0.1) is 34.4 Å². The van der Waals surface area contributed by atoms with Gasteiger partial charge in [0.15, 0.2) is 5.96 Å². The van der Waals surface area contributed by atoms with Crippen molar-refractivity contribution in [2.45, 2.75) is 26.5 Å². The molecule has 1 atom stereocenters. The van der Waals surface area contributed by atoms with Crippen LogP contribution in [0.1, 0.15) is 29.8 Å². The zero-order valence-corrected chi connectivity index (χ0v) is 18.7. The van der Waals surface area contributed by atoms with Crippen LogP contribution in [0.2, 0.25) is 0 Å². The topological polar surface area (TPSA) is 90.4 Å². The van der Waals surface area contributed by atoms with Gasteiger partial charge in [0.25, 0.3) is 0 Å². The van der Waals surface area contributed by atoms with Crippen molar-refractivity contribution >= 4 is 11.9 Å². The Hall–Kier alpha value is -3.42. The van der Waals surface area contributed by atoms with Gasteiger partial charge in [-0.05, 0) is 43.7 Å². The third-order valence-electron chi connectivity index (χ3n) is 4.37. The number of carbonyl (C=O) groups is 1. The number of rotatable bonds is 10. The molecule has 0 spiro atoms. The molecule has 8 heteroatoms. The van der Waals surface area contributed by atoms with Gasteiger partial charge in [-0.2, -0.15) is 0 Å². The fourth-order valence-electron chi connectivity index (χ4n) is 2.82. The Kier molecular flexibility index (Phi) is 9.48. The van der Waals surface area contributed by atoms with Gasteiger partial charge in [-0.1, -0.05) is 12.1 Å². The van der Waals surface area contributed by atoms with Gasteiger partial charge < -0.3 is 29.6 Å². The van der Waals surface area contributed by atoms with Crippen molar-refractivity contribution in [1.82, 2.24) is 10.6 Å². The van der Waals surface area contributed by atoms with E-state index in [1.807, 2.05) is 44.2 Å². The van der Waals surface area contributed by atoms with Crippen molar-refractivity contribution in [3.05, 3.63) is 53.6 Å². The van der Waals surface area contributed by atoms with E-state index in [1.54, 1.807) is 19.2 Å². The molecule has 0 aliphatic carbocycles. The average Bonchev–Trinajstić information content (AvgIpc) is 2.80. The molecule has 0 radical (unpaired) electrons. The number of benzene rings is 2. The fourth-order valence-corrected chi connectivity index (χ4v) is 2.82. The summed E-state index contributed by atoms with van der Waals surface area (Å²) >= 11 is 0. The van der Waals surface area contributed by atoms with Crippen molar-refractivity contribution in [2.24, 2.45) is 4.99 Å². The van der Waals surface area contributed by atoms with Crippen LogP contribution in [0.5, 0.6) is 17.2 Å². The lowest BCUT2D eigenvalue weighted by atomic mass is 10.1. The molecule has 0 bridgehead atoms. The standard InChI is InChI=1S/C23H31N3O5/c1-6-24-23(25-14-16(2)31-19-9-7-8-18(13-19)28-3)26-15-17-10-11-21(29-4)20(12-17)22(27)30-5/h7-13,16H,6,14-15H2,1-5H3,(H2,24,25,26). The normalized spacial score (nSPS) is 12.0. The third kappa shape index (κ3) is 7.40. The Labute approximate surface area is 183 Å². The molecule has 0 amide bonds. The molecule has 2 aromatic carbocycles. The van der Waals surface area contributed by atoms with Crippen LogP contribution in [0, 0.1) is 0 Å². The van der Waals surface area contributed by atoms with Gasteiger partial charge in [-0.25, -0.2) is 9.79 Å². The second-order valence-corrected chi connectivity index (χ2v) is 6.71. The second-order valence-electron chi connectivity index (χ2n) is 6.71. The van der Waals surface area contributed by atoms with Crippen LogP contribution in [0.25, 0.3) is 0 Å². The number of guanidine groups is 1. The first kappa shape index (κ1) is 23.9. The lowest BCUT2D eigenvalue weighted by molar-refractivity contribution is 0.0597. The second kappa shape index (κ2) is 12.3. The van der Waals surface area contributed by atoms with E-state index in [-0.39, 0.29) is 6.10 Å². The summed E-state index contributed by atoms with van der Waals surface area (Å²) in [5, 5.41) is 6.49. The van der Waals surface area contributed by atoms with E-state index in [1.165, 1.54) is 14.2 Å². The molecule has 0 aromatic heterocycles. The van der Waals surface area contributed by atoms with Crippen LogP contribution >= 0.6 is 0 Å². The van der Waals surface area contributed by atoms with Crippen LogP contribution in [-0.2, 0) is 11.3 Å². The van der Waals surface area contributed by atoms with E-state index in [0.29, 0.717) is 36.9 Å². The van der Waals surface area contributed by atoms with Crippen molar-refractivity contribution < 1.29 is 23.7 Å². The minimum atomic E-state index is -0.448. The summed E-state index contributed by atoms with van der Waals surface area (Å²) in [6.45, 7) is 5.62. The molecular weight excluding hydrogens is 398 g/mol. The predicted octanol–water partition coefficient (Wildman–Crippen LogP) is 3.01.